The van der Waals surface area contributed by atoms with Gasteiger partial charge in [0.2, 0.25) is 0 Å². The van der Waals surface area contributed by atoms with E-state index in [0.29, 0.717) is 23.5 Å². The molecule has 0 radical (unpaired) electrons. The van der Waals surface area contributed by atoms with Crippen LogP contribution in [0.25, 0.3) is 5.76 Å². The summed E-state index contributed by atoms with van der Waals surface area (Å²) in [6.07, 6.45) is 1.48. The van der Waals surface area contributed by atoms with Gasteiger partial charge in [-0.1, -0.05) is 36.4 Å². The molecule has 0 bridgehead atoms. The molecule has 31 heavy (non-hydrogen) atoms. The molecule has 1 aromatic heterocycles. The summed E-state index contributed by atoms with van der Waals surface area (Å²) in [5, 5.41) is 21.1. The van der Waals surface area contributed by atoms with Crippen LogP contribution in [0.2, 0.25) is 0 Å². The van der Waals surface area contributed by atoms with Crippen molar-refractivity contribution >= 4 is 17.4 Å². The molecular weight excluding hydrogens is 398 g/mol. The van der Waals surface area contributed by atoms with Crippen LogP contribution in [0.1, 0.15) is 29.9 Å². The number of carbonyl (C=O) groups excluding carboxylic acids is 2. The topological polar surface area (TPSA) is 100 Å². The summed E-state index contributed by atoms with van der Waals surface area (Å²) in [7, 11) is 0. The van der Waals surface area contributed by atoms with Gasteiger partial charge in [-0.2, -0.15) is 0 Å². The van der Waals surface area contributed by atoms with Gasteiger partial charge < -0.3 is 24.3 Å². The van der Waals surface area contributed by atoms with Crippen LogP contribution in [-0.2, 0) is 16.1 Å². The normalized spacial score (nSPS) is 17.8. The van der Waals surface area contributed by atoms with E-state index >= 15 is 0 Å². The molecule has 0 spiro atoms. The van der Waals surface area contributed by atoms with Gasteiger partial charge in [-0.05, 0) is 36.8 Å². The number of ketones is 1. The van der Waals surface area contributed by atoms with Gasteiger partial charge in [0.1, 0.15) is 11.5 Å². The molecule has 7 heteroatoms. The minimum absolute atomic E-state index is 0.0316. The molecule has 1 aliphatic rings. The zero-order valence-corrected chi connectivity index (χ0v) is 16.8. The number of phenols is 1. The van der Waals surface area contributed by atoms with Crippen molar-refractivity contribution in [3.63, 3.8) is 0 Å². The third kappa shape index (κ3) is 3.77. The second-order valence-corrected chi connectivity index (χ2v) is 7.03. The Morgan fingerprint density at radius 3 is 2.55 bits per heavy atom. The minimum atomic E-state index is -0.884. The fraction of sp³-hybridized carbons (Fsp3) is 0.167. The first-order chi connectivity index (χ1) is 15.0. The van der Waals surface area contributed by atoms with E-state index in [1.165, 1.54) is 17.2 Å². The molecule has 7 nitrogen and oxygen atoms in total. The fourth-order valence-electron chi connectivity index (χ4n) is 3.68. The summed E-state index contributed by atoms with van der Waals surface area (Å²) in [6, 6.07) is 15.7. The van der Waals surface area contributed by atoms with Crippen molar-refractivity contribution in [2.45, 2.75) is 19.5 Å². The highest BCUT2D eigenvalue weighted by molar-refractivity contribution is 6.46. The first kappa shape index (κ1) is 20.3. The van der Waals surface area contributed by atoms with E-state index in [4.69, 9.17) is 9.15 Å². The molecule has 158 valence electrons. The van der Waals surface area contributed by atoms with Gasteiger partial charge in [0.25, 0.3) is 11.7 Å². The molecule has 1 unspecified atom stereocenters. The van der Waals surface area contributed by atoms with E-state index in [-0.39, 0.29) is 29.4 Å². The van der Waals surface area contributed by atoms with E-state index < -0.39 is 17.7 Å². The van der Waals surface area contributed by atoms with Crippen LogP contribution in [0.3, 0.4) is 0 Å². The lowest BCUT2D eigenvalue weighted by molar-refractivity contribution is -0.140. The molecule has 1 amide bonds. The Balaban J connectivity index is 1.88. The van der Waals surface area contributed by atoms with Crippen LogP contribution in [0.4, 0.5) is 0 Å². The molecule has 1 atom stereocenters. The first-order valence-electron chi connectivity index (χ1n) is 9.83. The summed E-state index contributed by atoms with van der Waals surface area (Å²) in [4.78, 5) is 27.3. The van der Waals surface area contributed by atoms with Gasteiger partial charge in [-0.25, -0.2) is 0 Å². The number of ether oxygens (including phenoxy) is 1. The number of carbonyl (C=O) groups is 2. The maximum absolute atomic E-state index is 13.0. The second-order valence-electron chi connectivity index (χ2n) is 7.03. The number of likely N-dealkylation sites (tertiary alicyclic amines) is 1. The zero-order chi connectivity index (χ0) is 22.0. The van der Waals surface area contributed by atoms with Crippen molar-refractivity contribution < 1.29 is 29.0 Å². The number of aromatic hydroxyl groups is 1. The van der Waals surface area contributed by atoms with E-state index in [2.05, 4.69) is 0 Å². The highest BCUT2D eigenvalue weighted by atomic mass is 16.5. The Bertz CT molecular complexity index is 1130. The molecule has 1 aliphatic heterocycles. The summed E-state index contributed by atoms with van der Waals surface area (Å²) in [5.41, 5.74) is 0.910. The monoisotopic (exact) mass is 419 g/mol. The summed E-state index contributed by atoms with van der Waals surface area (Å²) >= 11 is 0. The Kier molecular flexibility index (Phi) is 5.49. The van der Waals surface area contributed by atoms with Crippen molar-refractivity contribution in [3.8, 4) is 11.5 Å². The van der Waals surface area contributed by atoms with Gasteiger partial charge in [0.05, 0.1) is 31.0 Å². The average Bonchev–Trinajstić information content (AvgIpc) is 3.38. The van der Waals surface area contributed by atoms with Crippen LogP contribution in [0.5, 0.6) is 11.5 Å². The number of nitrogens with zero attached hydrogens (tertiary/aromatic N) is 1. The molecule has 0 saturated carbocycles. The van der Waals surface area contributed by atoms with Crippen LogP contribution >= 0.6 is 0 Å². The second kappa shape index (κ2) is 8.39. The standard InChI is InChI=1S/C24H21NO6/c1-2-30-19-13-16(10-11-18(19)26)21-20(22(27)15-7-4-3-5-8-15)23(28)24(29)25(21)14-17-9-6-12-31-17/h3-13,21,26-27H,2,14H2,1H3/b22-20+. The largest absolute Gasteiger partial charge is 0.507 e. The molecule has 1 fully saturated rings. The summed E-state index contributed by atoms with van der Waals surface area (Å²) in [6.45, 7) is 2.15. The maximum atomic E-state index is 13.0. The number of rotatable bonds is 6. The zero-order valence-electron chi connectivity index (χ0n) is 16.8. The van der Waals surface area contributed by atoms with Crippen molar-refractivity contribution in [2.75, 3.05) is 6.61 Å². The smallest absolute Gasteiger partial charge is 0.296 e. The highest BCUT2D eigenvalue weighted by Crippen LogP contribution is 2.42. The van der Waals surface area contributed by atoms with Gasteiger partial charge >= 0.3 is 0 Å². The lowest BCUT2D eigenvalue weighted by atomic mass is 9.95. The molecular formula is C24H21NO6. The van der Waals surface area contributed by atoms with Crippen LogP contribution in [0, 0.1) is 0 Å². The third-order valence-corrected chi connectivity index (χ3v) is 5.09. The van der Waals surface area contributed by atoms with Gasteiger partial charge in [-0.3, -0.25) is 9.59 Å². The number of furan rings is 1. The Hall–Kier alpha value is -4.00. The van der Waals surface area contributed by atoms with Crippen molar-refractivity contribution in [1.82, 2.24) is 4.90 Å². The van der Waals surface area contributed by atoms with E-state index in [1.807, 2.05) is 0 Å². The van der Waals surface area contributed by atoms with E-state index in [9.17, 15) is 19.8 Å². The van der Waals surface area contributed by atoms with Crippen molar-refractivity contribution in [3.05, 3.63) is 89.4 Å². The summed E-state index contributed by atoms with van der Waals surface area (Å²) < 4.78 is 10.9. The lowest BCUT2D eigenvalue weighted by Crippen LogP contribution is -2.29. The molecule has 1 saturated heterocycles. The number of hydrogen-bond donors (Lipinski definition) is 2. The quantitative estimate of drug-likeness (QED) is 0.356. The maximum Gasteiger partial charge on any atom is 0.296 e. The molecule has 4 rings (SSSR count). The van der Waals surface area contributed by atoms with Crippen molar-refractivity contribution in [1.29, 1.82) is 0 Å². The first-order valence-corrected chi connectivity index (χ1v) is 9.83. The molecule has 2 heterocycles. The minimum Gasteiger partial charge on any atom is -0.507 e. The lowest BCUT2D eigenvalue weighted by Gasteiger charge is -2.25. The summed E-state index contributed by atoms with van der Waals surface area (Å²) in [5.74, 6) is -1.14. The van der Waals surface area contributed by atoms with E-state index in [0.717, 1.165) is 0 Å². The number of Topliss-reactive ketones (excluding diaryl/α,β-unsaturated/α-hetero) is 1. The highest BCUT2D eigenvalue weighted by Gasteiger charge is 2.46. The molecule has 3 aromatic rings. The molecule has 0 aliphatic carbocycles. The van der Waals surface area contributed by atoms with Gasteiger partial charge in [-0.15, -0.1) is 0 Å². The van der Waals surface area contributed by atoms with Crippen LogP contribution in [0.15, 0.2) is 76.9 Å². The number of phenolic OH excluding ortho intramolecular Hbond substituents is 1. The van der Waals surface area contributed by atoms with Gasteiger partial charge in [0.15, 0.2) is 11.5 Å². The molecule has 2 aromatic carbocycles. The number of benzene rings is 2. The Morgan fingerprint density at radius 2 is 1.87 bits per heavy atom. The fourth-order valence-corrected chi connectivity index (χ4v) is 3.68. The van der Waals surface area contributed by atoms with Crippen LogP contribution in [-0.4, -0.2) is 33.4 Å². The number of hydrogen-bond acceptors (Lipinski definition) is 6. The molecule has 2 N–H and O–H groups in total. The van der Waals surface area contributed by atoms with Crippen LogP contribution < -0.4 is 4.74 Å². The van der Waals surface area contributed by atoms with Crippen molar-refractivity contribution in [2.24, 2.45) is 0 Å². The Labute approximate surface area is 178 Å². The van der Waals surface area contributed by atoms with Gasteiger partial charge in [0, 0.05) is 5.56 Å². The number of aliphatic hydroxyl groups excluding tert-OH is 1. The third-order valence-electron chi connectivity index (χ3n) is 5.09. The number of amides is 1. The predicted molar refractivity (Wildman–Crippen MR) is 112 cm³/mol. The SMILES string of the molecule is CCOc1cc(C2/C(=C(\O)c3ccccc3)C(=O)C(=O)N2Cc2ccco2)ccc1O. The van der Waals surface area contributed by atoms with E-state index in [1.54, 1.807) is 61.5 Å². The number of aliphatic hydroxyl groups is 1. The average molecular weight is 419 g/mol. The predicted octanol–water partition coefficient (Wildman–Crippen LogP) is 4.01. The Morgan fingerprint density at radius 1 is 1.10 bits per heavy atom.